The smallest absolute Gasteiger partial charge is 0.198 e. The molecule has 0 atom stereocenters. The molecule has 78 valence electrons. The Hall–Kier alpha value is -1.36. The average Bonchev–Trinajstić information content (AvgIpc) is 2.56. The molecule has 5 heteroatoms. The summed E-state index contributed by atoms with van der Waals surface area (Å²) in [6, 6.07) is 3.99. The highest BCUT2D eigenvalue weighted by Crippen LogP contribution is 2.16. The molecule has 0 radical (unpaired) electrons. The monoisotopic (exact) mass is 266 g/mol. The van der Waals surface area contributed by atoms with Gasteiger partial charge in [-0.1, -0.05) is 6.07 Å². The second-order valence-corrected chi connectivity index (χ2v) is 4.00. The molecule has 2 heterocycles. The van der Waals surface area contributed by atoms with Crippen LogP contribution in [0.4, 0.5) is 5.95 Å². The van der Waals surface area contributed by atoms with Gasteiger partial charge in [-0.3, -0.25) is 4.98 Å². The van der Waals surface area contributed by atoms with Crippen molar-refractivity contribution in [3.63, 3.8) is 0 Å². The van der Waals surface area contributed by atoms with Gasteiger partial charge in [0.15, 0.2) is 5.95 Å². The predicted molar refractivity (Wildman–Crippen MR) is 62.3 cm³/mol. The number of hydrogen-bond donors (Lipinski definition) is 2. The molecule has 0 spiro atoms. The Kier molecular flexibility index (Phi) is 3.01. The third-order valence-electron chi connectivity index (χ3n) is 2.13. The SMILES string of the molecule is Nc1nc(Br)c(CCc2cccnc2)[nH]1. The van der Waals surface area contributed by atoms with Crippen molar-refractivity contribution in [2.24, 2.45) is 0 Å². The minimum absolute atomic E-state index is 0.447. The van der Waals surface area contributed by atoms with Gasteiger partial charge < -0.3 is 10.7 Å². The van der Waals surface area contributed by atoms with Crippen molar-refractivity contribution in [2.75, 3.05) is 5.73 Å². The zero-order valence-corrected chi connectivity index (χ0v) is 9.66. The molecule has 0 saturated carbocycles. The third-order valence-corrected chi connectivity index (χ3v) is 2.79. The molecule has 0 aliphatic carbocycles. The molecular formula is C10H11BrN4. The van der Waals surface area contributed by atoms with Gasteiger partial charge in [0, 0.05) is 12.4 Å². The van der Waals surface area contributed by atoms with E-state index in [2.05, 4.69) is 36.9 Å². The number of imidazole rings is 1. The van der Waals surface area contributed by atoms with Gasteiger partial charge in [0.1, 0.15) is 4.60 Å². The number of nitrogens with one attached hydrogen (secondary N) is 1. The Balaban J connectivity index is 2.02. The molecule has 15 heavy (non-hydrogen) atoms. The number of nitrogen functional groups attached to an aromatic ring is 1. The maximum absolute atomic E-state index is 5.54. The number of aromatic amines is 1. The zero-order valence-electron chi connectivity index (χ0n) is 8.07. The first-order chi connectivity index (χ1) is 7.25. The lowest BCUT2D eigenvalue weighted by Gasteiger charge is -1.98. The van der Waals surface area contributed by atoms with Gasteiger partial charge in [0.25, 0.3) is 0 Å². The van der Waals surface area contributed by atoms with E-state index in [1.165, 1.54) is 5.56 Å². The number of anilines is 1. The largest absolute Gasteiger partial charge is 0.369 e. The first-order valence-electron chi connectivity index (χ1n) is 4.64. The molecule has 4 nitrogen and oxygen atoms in total. The fourth-order valence-corrected chi connectivity index (χ4v) is 1.88. The number of pyridine rings is 1. The average molecular weight is 267 g/mol. The van der Waals surface area contributed by atoms with Crippen LogP contribution in [-0.4, -0.2) is 15.0 Å². The number of aromatic nitrogens is 3. The predicted octanol–water partition coefficient (Wildman–Crippen LogP) is 1.93. The lowest BCUT2D eigenvalue weighted by molar-refractivity contribution is 0.913. The molecule has 0 fully saturated rings. The van der Waals surface area contributed by atoms with Crippen molar-refractivity contribution in [2.45, 2.75) is 12.8 Å². The molecule has 3 N–H and O–H groups in total. The number of hydrogen-bond acceptors (Lipinski definition) is 3. The minimum atomic E-state index is 0.447. The van der Waals surface area contributed by atoms with Gasteiger partial charge in [0.2, 0.25) is 0 Å². The van der Waals surface area contributed by atoms with Crippen LogP contribution in [0.15, 0.2) is 29.1 Å². The molecule has 2 aromatic rings. The van der Waals surface area contributed by atoms with Crippen LogP contribution in [0, 0.1) is 0 Å². The number of rotatable bonds is 3. The highest BCUT2D eigenvalue weighted by atomic mass is 79.9. The maximum Gasteiger partial charge on any atom is 0.198 e. The van der Waals surface area contributed by atoms with Crippen molar-refractivity contribution >= 4 is 21.9 Å². The number of nitrogens with zero attached hydrogens (tertiary/aromatic N) is 2. The summed E-state index contributed by atoms with van der Waals surface area (Å²) in [4.78, 5) is 11.1. The van der Waals surface area contributed by atoms with E-state index in [-0.39, 0.29) is 0 Å². The van der Waals surface area contributed by atoms with E-state index in [1.807, 2.05) is 12.3 Å². The Labute approximate surface area is 96.1 Å². The lowest BCUT2D eigenvalue weighted by atomic mass is 10.1. The Bertz CT molecular complexity index is 438. The van der Waals surface area contributed by atoms with E-state index in [9.17, 15) is 0 Å². The Morgan fingerprint density at radius 2 is 2.27 bits per heavy atom. The molecule has 2 aromatic heterocycles. The summed E-state index contributed by atoms with van der Waals surface area (Å²) in [5.74, 6) is 0.447. The normalized spacial score (nSPS) is 10.5. The third kappa shape index (κ3) is 2.56. The Morgan fingerprint density at radius 3 is 2.87 bits per heavy atom. The summed E-state index contributed by atoms with van der Waals surface area (Å²) in [7, 11) is 0. The molecule has 0 saturated heterocycles. The van der Waals surface area contributed by atoms with Crippen LogP contribution in [0.3, 0.4) is 0 Å². The molecule has 0 aliphatic rings. The zero-order chi connectivity index (χ0) is 10.7. The van der Waals surface area contributed by atoms with E-state index in [0.717, 1.165) is 23.1 Å². The van der Waals surface area contributed by atoms with Crippen LogP contribution in [-0.2, 0) is 12.8 Å². The van der Waals surface area contributed by atoms with Crippen molar-refractivity contribution in [3.8, 4) is 0 Å². The summed E-state index contributed by atoms with van der Waals surface area (Å²) < 4.78 is 0.795. The van der Waals surface area contributed by atoms with Gasteiger partial charge >= 0.3 is 0 Å². The molecule has 0 aliphatic heterocycles. The van der Waals surface area contributed by atoms with Crippen LogP contribution < -0.4 is 5.73 Å². The van der Waals surface area contributed by atoms with E-state index in [1.54, 1.807) is 6.20 Å². The minimum Gasteiger partial charge on any atom is -0.369 e. The van der Waals surface area contributed by atoms with Gasteiger partial charge in [-0.2, -0.15) is 0 Å². The van der Waals surface area contributed by atoms with E-state index >= 15 is 0 Å². The Morgan fingerprint density at radius 1 is 1.40 bits per heavy atom. The molecule has 0 bridgehead atoms. The standard InChI is InChI=1S/C10H11BrN4/c11-9-8(14-10(12)15-9)4-3-7-2-1-5-13-6-7/h1-2,5-6H,3-4H2,(H3,12,14,15). The van der Waals surface area contributed by atoms with Crippen molar-refractivity contribution in [1.29, 1.82) is 0 Å². The van der Waals surface area contributed by atoms with Crippen LogP contribution in [0.5, 0.6) is 0 Å². The van der Waals surface area contributed by atoms with Crippen LogP contribution in [0.1, 0.15) is 11.3 Å². The fourth-order valence-electron chi connectivity index (χ4n) is 1.39. The van der Waals surface area contributed by atoms with Gasteiger partial charge in [-0.05, 0) is 40.4 Å². The number of aryl methyl sites for hydroxylation is 2. The van der Waals surface area contributed by atoms with E-state index in [0.29, 0.717) is 5.95 Å². The topological polar surface area (TPSA) is 67.6 Å². The summed E-state index contributed by atoms with van der Waals surface area (Å²) in [6.07, 6.45) is 5.44. The van der Waals surface area contributed by atoms with Crippen LogP contribution >= 0.6 is 15.9 Å². The lowest BCUT2D eigenvalue weighted by Crippen LogP contribution is -1.93. The van der Waals surface area contributed by atoms with Crippen molar-refractivity contribution in [1.82, 2.24) is 15.0 Å². The van der Waals surface area contributed by atoms with Gasteiger partial charge in [-0.25, -0.2) is 4.98 Å². The van der Waals surface area contributed by atoms with Gasteiger partial charge in [0.05, 0.1) is 5.69 Å². The molecule has 0 amide bonds. The fraction of sp³-hybridized carbons (Fsp3) is 0.200. The second kappa shape index (κ2) is 4.44. The first-order valence-corrected chi connectivity index (χ1v) is 5.44. The molecule has 0 aromatic carbocycles. The second-order valence-electron chi connectivity index (χ2n) is 3.25. The van der Waals surface area contributed by atoms with E-state index in [4.69, 9.17) is 5.73 Å². The summed E-state index contributed by atoms with van der Waals surface area (Å²) in [5, 5.41) is 0. The summed E-state index contributed by atoms with van der Waals surface area (Å²) in [5.41, 5.74) is 7.77. The number of nitrogens with two attached hydrogens (primary N) is 1. The van der Waals surface area contributed by atoms with Crippen LogP contribution in [0.25, 0.3) is 0 Å². The highest BCUT2D eigenvalue weighted by molar-refractivity contribution is 9.10. The molecule has 0 unspecified atom stereocenters. The van der Waals surface area contributed by atoms with E-state index < -0.39 is 0 Å². The highest BCUT2D eigenvalue weighted by Gasteiger charge is 2.05. The van der Waals surface area contributed by atoms with Gasteiger partial charge in [-0.15, -0.1) is 0 Å². The first kappa shape index (κ1) is 10.2. The van der Waals surface area contributed by atoms with Crippen molar-refractivity contribution < 1.29 is 0 Å². The molecular weight excluding hydrogens is 256 g/mol. The summed E-state index contributed by atoms with van der Waals surface area (Å²) >= 11 is 3.35. The summed E-state index contributed by atoms with van der Waals surface area (Å²) in [6.45, 7) is 0. The number of H-pyrrole nitrogens is 1. The van der Waals surface area contributed by atoms with Crippen molar-refractivity contribution in [3.05, 3.63) is 40.4 Å². The maximum atomic E-state index is 5.54. The number of halogens is 1. The van der Waals surface area contributed by atoms with Crippen LogP contribution in [0.2, 0.25) is 0 Å². The quantitative estimate of drug-likeness (QED) is 0.892. The molecule has 2 rings (SSSR count).